The minimum atomic E-state index is 0.535. The SMILES string of the molecule is CCC(CCl)c1ccc(Br)s1. The van der Waals surface area contributed by atoms with Gasteiger partial charge in [0.2, 0.25) is 0 Å². The summed E-state index contributed by atoms with van der Waals surface area (Å²) >= 11 is 11.0. The molecule has 1 unspecified atom stereocenters. The van der Waals surface area contributed by atoms with E-state index >= 15 is 0 Å². The predicted molar refractivity (Wildman–Crippen MR) is 55.8 cm³/mol. The van der Waals surface area contributed by atoms with Gasteiger partial charge in [0.05, 0.1) is 3.79 Å². The summed E-state index contributed by atoms with van der Waals surface area (Å²) in [6, 6.07) is 4.22. The van der Waals surface area contributed by atoms with Gasteiger partial charge in [0.1, 0.15) is 0 Å². The lowest BCUT2D eigenvalue weighted by Gasteiger charge is -2.06. The summed E-state index contributed by atoms with van der Waals surface area (Å²) in [7, 11) is 0. The van der Waals surface area contributed by atoms with Gasteiger partial charge in [-0.15, -0.1) is 22.9 Å². The van der Waals surface area contributed by atoms with E-state index < -0.39 is 0 Å². The number of hydrogen-bond donors (Lipinski definition) is 0. The first-order chi connectivity index (χ1) is 5.27. The average Bonchev–Trinajstić information content (AvgIpc) is 2.39. The summed E-state index contributed by atoms with van der Waals surface area (Å²) in [4.78, 5) is 1.38. The van der Waals surface area contributed by atoms with Crippen LogP contribution in [0, 0.1) is 0 Å². The van der Waals surface area contributed by atoms with E-state index in [9.17, 15) is 0 Å². The van der Waals surface area contributed by atoms with Crippen molar-refractivity contribution in [1.29, 1.82) is 0 Å². The fourth-order valence-corrected chi connectivity index (χ4v) is 3.02. The Labute approximate surface area is 84.7 Å². The molecule has 0 nitrogen and oxygen atoms in total. The molecule has 0 aromatic carbocycles. The van der Waals surface area contributed by atoms with Crippen molar-refractivity contribution in [2.45, 2.75) is 19.3 Å². The van der Waals surface area contributed by atoms with E-state index in [1.807, 2.05) is 0 Å². The molecule has 1 atom stereocenters. The largest absolute Gasteiger partial charge is 0.133 e. The van der Waals surface area contributed by atoms with Crippen molar-refractivity contribution in [3.8, 4) is 0 Å². The molecule has 0 aliphatic carbocycles. The molecule has 3 heteroatoms. The first kappa shape index (κ1) is 9.56. The maximum atomic E-state index is 5.80. The van der Waals surface area contributed by atoms with E-state index in [1.165, 1.54) is 8.66 Å². The lowest BCUT2D eigenvalue weighted by atomic mass is 10.1. The summed E-state index contributed by atoms with van der Waals surface area (Å²) in [5, 5.41) is 0. The molecule has 1 rings (SSSR count). The number of thiophene rings is 1. The molecule has 1 aromatic rings. The lowest BCUT2D eigenvalue weighted by molar-refractivity contribution is 0.755. The maximum Gasteiger partial charge on any atom is 0.0701 e. The summed E-state index contributed by atoms with van der Waals surface area (Å²) < 4.78 is 1.19. The van der Waals surface area contributed by atoms with E-state index in [1.54, 1.807) is 11.3 Å². The molecule has 0 aliphatic heterocycles. The van der Waals surface area contributed by atoms with Gasteiger partial charge in [-0.1, -0.05) is 6.92 Å². The molecule has 0 bridgehead atoms. The second-order valence-corrected chi connectivity index (χ2v) is 5.20. The number of halogens is 2. The molecule has 0 N–H and O–H groups in total. The fraction of sp³-hybridized carbons (Fsp3) is 0.500. The zero-order chi connectivity index (χ0) is 8.27. The highest BCUT2D eigenvalue weighted by molar-refractivity contribution is 9.11. The van der Waals surface area contributed by atoms with Gasteiger partial charge >= 0.3 is 0 Å². The molecule has 0 spiro atoms. The Morgan fingerprint density at radius 3 is 2.73 bits per heavy atom. The Hall–Kier alpha value is 0.470. The van der Waals surface area contributed by atoms with Gasteiger partial charge < -0.3 is 0 Å². The van der Waals surface area contributed by atoms with Gasteiger partial charge in [0.25, 0.3) is 0 Å². The third-order valence-electron chi connectivity index (χ3n) is 1.68. The van der Waals surface area contributed by atoms with Gasteiger partial charge in [0.15, 0.2) is 0 Å². The van der Waals surface area contributed by atoms with Crippen LogP contribution in [-0.4, -0.2) is 5.88 Å². The second-order valence-electron chi connectivity index (χ2n) is 2.40. The van der Waals surface area contributed by atoms with Crippen molar-refractivity contribution >= 4 is 38.9 Å². The standard InChI is InChI=1S/C8H10BrClS/c1-2-6(5-10)7-3-4-8(9)11-7/h3-4,6H,2,5H2,1H3. The molecular formula is C8H10BrClS. The third kappa shape index (κ3) is 2.46. The monoisotopic (exact) mass is 252 g/mol. The van der Waals surface area contributed by atoms with Crippen LogP contribution in [0.25, 0.3) is 0 Å². The van der Waals surface area contributed by atoms with Crippen LogP contribution < -0.4 is 0 Å². The molecule has 1 aromatic heterocycles. The Balaban J connectivity index is 2.73. The van der Waals surface area contributed by atoms with Gasteiger partial charge in [0, 0.05) is 16.7 Å². The van der Waals surface area contributed by atoms with Crippen LogP contribution in [-0.2, 0) is 0 Å². The second kappa shape index (κ2) is 4.48. The van der Waals surface area contributed by atoms with Crippen LogP contribution in [0.4, 0.5) is 0 Å². The van der Waals surface area contributed by atoms with Crippen LogP contribution in [0.3, 0.4) is 0 Å². The first-order valence-corrected chi connectivity index (χ1v) is 5.73. The molecule has 1 heterocycles. The van der Waals surface area contributed by atoms with Crippen molar-refractivity contribution < 1.29 is 0 Å². The maximum absolute atomic E-state index is 5.80. The van der Waals surface area contributed by atoms with Gasteiger partial charge in [-0.05, 0) is 34.5 Å². The summed E-state index contributed by atoms with van der Waals surface area (Å²) in [5.74, 6) is 1.26. The molecule has 0 saturated heterocycles. The van der Waals surface area contributed by atoms with E-state index in [0.29, 0.717) is 5.92 Å². The van der Waals surface area contributed by atoms with Gasteiger partial charge in [-0.25, -0.2) is 0 Å². The molecule has 0 radical (unpaired) electrons. The van der Waals surface area contributed by atoms with E-state index in [-0.39, 0.29) is 0 Å². The number of alkyl halides is 1. The van der Waals surface area contributed by atoms with Crippen LogP contribution >= 0.6 is 38.9 Å². The third-order valence-corrected chi connectivity index (χ3v) is 3.83. The average molecular weight is 254 g/mol. The Morgan fingerprint density at radius 2 is 2.36 bits per heavy atom. The van der Waals surface area contributed by atoms with Crippen molar-refractivity contribution in [2.24, 2.45) is 0 Å². The van der Waals surface area contributed by atoms with Crippen LogP contribution in [0.1, 0.15) is 24.1 Å². The van der Waals surface area contributed by atoms with E-state index in [4.69, 9.17) is 11.6 Å². The van der Waals surface area contributed by atoms with E-state index in [0.717, 1.165) is 12.3 Å². The summed E-state index contributed by atoms with van der Waals surface area (Å²) in [6.07, 6.45) is 1.12. The minimum absolute atomic E-state index is 0.535. The van der Waals surface area contributed by atoms with Gasteiger partial charge in [-0.2, -0.15) is 0 Å². The van der Waals surface area contributed by atoms with Crippen molar-refractivity contribution in [2.75, 3.05) is 5.88 Å². The molecular weight excluding hydrogens is 244 g/mol. The molecule has 0 aliphatic rings. The highest BCUT2D eigenvalue weighted by atomic mass is 79.9. The normalized spacial score (nSPS) is 13.4. The minimum Gasteiger partial charge on any atom is -0.133 e. The van der Waals surface area contributed by atoms with Gasteiger partial charge in [-0.3, -0.25) is 0 Å². The molecule has 0 fully saturated rings. The highest BCUT2D eigenvalue weighted by Crippen LogP contribution is 2.30. The zero-order valence-corrected chi connectivity index (χ0v) is 9.47. The van der Waals surface area contributed by atoms with Crippen molar-refractivity contribution in [1.82, 2.24) is 0 Å². The van der Waals surface area contributed by atoms with Crippen LogP contribution in [0.2, 0.25) is 0 Å². The summed E-state index contributed by atoms with van der Waals surface area (Å²) in [6.45, 7) is 2.17. The molecule has 0 amide bonds. The smallest absolute Gasteiger partial charge is 0.0701 e. The van der Waals surface area contributed by atoms with Crippen LogP contribution in [0.15, 0.2) is 15.9 Å². The van der Waals surface area contributed by atoms with Crippen molar-refractivity contribution in [3.63, 3.8) is 0 Å². The van der Waals surface area contributed by atoms with Crippen LogP contribution in [0.5, 0.6) is 0 Å². The van der Waals surface area contributed by atoms with Crippen molar-refractivity contribution in [3.05, 3.63) is 20.8 Å². The Morgan fingerprint density at radius 1 is 1.64 bits per heavy atom. The topological polar surface area (TPSA) is 0 Å². The number of rotatable bonds is 3. The molecule has 0 saturated carbocycles. The lowest BCUT2D eigenvalue weighted by Crippen LogP contribution is -1.94. The Kier molecular flexibility index (Phi) is 3.90. The zero-order valence-electron chi connectivity index (χ0n) is 6.31. The molecule has 11 heavy (non-hydrogen) atoms. The first-order valence-electron chi connectivity index (χ1n) is 3.59. The van der Waals surface area contributed by atoms with E-state index in [2.05, 4.69) is 35.0 Å². The fourth-order valence-electron chi connectivity index (χ4n) is 0.934. The Bertz CT molecular complexity index is 218. The predicted octanol–water partition coefficient (Wildman–Crippen LogP) is 4.24. The quantitative estimate of drug-likeness (QED) is 0.707. The summed E-state index contributed by atoms with van der Waals surface area (Å²) in [5.41, 5.74) is 0. The molecule has 62 valence electrons. The number of hydrogen-bond acceptors (Lipinski definition) is 1. The highest BCUT2D eigenvalue weighted by Gasteiger charge is 2.09.